The molecule has 1 spiro atoms. The Kier molecular flexibility index (Phi) is 4.54. The molecule has 1 aliphatic carbocycles. The Morgan fingerprint density at radius 2 is 2.21 bits per heavy atom. The Labute approximate surface area is 161 Å². The number of furan rings is 1. The number of hydrogen-bond acceptors (Lipinski definition) is 5. The molecule has 8 nitrogen and oxygen atoms in total. The summed E-state index contributed by atoms with van der Waals surface area (Å²) in [6.07, 6.45) is 3.57. The number of amides is 4. The summed E-state index contributed by atoms with van der Waals surface area (Å²) >= 11 is 0. The fourth-order valence-electron chi connectivity index (χ4n) is 3.92. The van der Waals surface area contributed by atoms with Gasteiger partial charge in [0.2, 0.25) is 5.91 Å². The number of carbonyl (C=O) groups is 3. The van der Waals surface area contributed by atoms with Gasteiger partial charge in [-0.05, 0) is 54.7 Å². The molecule has 28 heavy (non-hydrogen) atoms. The molecule has 1 atom stereocenters. The standard InChI is InChI=1S/C20H21N3O5/c1-27-14-6-7-16-13(10-14)4-2-8-20(16)18(25)23(19(26)22-20)12-17(24)21-11-15-5-3-9-28-15/h3,5-7,9-10H,2,4,8,11-12H2,1H3,(H,21,24)(H,22,26)/t20-/m0/s1. The number of ether oxygens (including phenoxy) is 1. The number of nitrogens with zero attached hydrogens (tertiary/aromatic N) is 1. The lowest BCUT2D eigenvalue weighted by molar-refractivity contribution is -0.135. The second-order valence-corrected chi connectivity index (χ2v) is 6.96. The minimum Gasteiger partial charge on any atom is -0.497 e. The van der Waals surface area contributed by atoms with Crippen LogP contribution >= 0.6 is 0 Å². The van der Waals surface area contributed by atoms with Gasteiger partial charge in [0, 0.05) is 0 Å². The first kappa shape index (κ1) is 18.1. The number of nitrogens with one attached hydrogen (secondary N) is 2. The van der Waals surface area contributed by atoms with Crippen molar-refractivity contribution in [3.63, 3.8) is 0 Å². The zero-order chi connectivity index (χ0) is 19.7. The van der Waals surface area contributed by atoms with Gasteiger partial charge in [0.05, 0.1) is 19.9 Å². The van der Waals surface area contributed by atoms with Crippen LogP contribution < -0.4 is 15.4 Å². The topological polar surface area (TPSA) is 101 Å². The Morgan fingerprint density at radius 3 is 2.96 bits per heavy atom. The van der Waals surface area contributed by atoms with Gasteiger partial charge in [-0.3, -0.25) is 14.5 Å². The summed E-state index contributed by atoms with van der Waals surface area (Å²) in [7, 11) is 1.59. The van der Waals surface area contributed by atoms with E-state index in [-0.39, 0.29) is 13.1 Å². The number of aryl methyl sites for hydroxylation is 1. The molecule has 2 aliphatic rings. The second-order valence-electron chi connectivity index (χ2n) is 6.96. The number of methoxy groups -OCH3 is 1. The average molecular weight is 383 g/mol. The normalized spacial score (nSPS) is 20.8. The van der Waals surface area contributed by atoms with Crippen molar-refractivity contribution < 1.29 is 23.5 Å². The summed E-state index contributed by atoms with van der Waals surface area (Å²) in [4.78, 5) is 38.9. The largest absolute Gasteiger partial charge is 0.497 e. The van der Waals surface area contributed by atoms with Crippen molar-refractivity contribution in [3.05, 3.63) is 53.5 Å². The van der Waals surface area contributed by atoms with E-state index >= 15 is 0 Å². The van der Waals surface area contributed by atoms with Crippen molar-refractivity contribution >= 4 is 17.8 Å². The number of fused-ring (bicyclic) bond motifs is 2. The lowest BCUT2D eigenvalue weighted by atomic mass is 9.76. The molecule has 1 aliphatic heterocycles. The number of imide groups is 1. The van der Waals surface area contributed by atoms with E-state index in [4.69, 9.17) is 9.15 Å². The van der Waals surface area contributed by atoms with E-state index in [0.717, 1.165) is 28.9 Å². The van der Waals surface area contributed by atoms with E-state index < -0.39 is 23.4 Å². The fraction of sp³-hybridized carbons (Fsp3) is 0.350. The van der Waals surface area contributed by atoms with Gasteiger partial charge in [0.25, 0.3) is 5.91 Å². The van der Waals surface area contributed by atoms with Gasteiger partial charge in [-0.1, -0.05) is 6.07 Å². The predicted molar refractivity (Wildman–Crippen MR) is 98.4 cm³/mol. The zero-order valence-corrected chi connectivity index (χ0v) is 15.5. The van der Waals surface area contributed by atoms with Crippen molar-refractivity contribution in [2.24, 2.45) is 0 Å². The highest BCUT2D eigenvalue weighted by molar-refractivity contribution is 6.09. The first-order chi connectivity index (χ1) is 13.5. The zero-order valence-electron chi connectivity index (χ0n) is 15.5. The molecule has 4 amide bonds. The molecular weight excluding hydrogens is 362 g/mol. The molecule has 4 rings (SSSR count). The van der Waals surface area contributed by atoms with Crippen LogP contribution in [0.15, 0.2) is 41.0 Å². The number of urea groups is 1. The van der Waals surface area contributed by atoms with Gasteiger partial charge in [-0.2, -0.15) is 0 Å². The molecule has 1 fully saturated rings. The molecule has 0 radical (unpaired) electrons. The Hall–Kier alpha value is -3.29. The Bertz CT molecular complexity index is 924. The molecule has 2 heterocycles. The third-order valence-corrected chi connectivity index (χ3v) is 5.29. The van der Waals surface area contributed by atoms with Gasteiger partial charge in [0.1, 0.15) is 23.6 Å². The summed E-state index contributed by atoms with van der Waals surface area (Å²) in [5.41, 5.74) is 0.637. The van der Waals surface area contributed by atoms with Crippen molar-refractivity contribution in [1.82, 2.24) is 15.5 Å². The van der Waals surface area contributed by atoms with Crippen LogP contribution in [0.1, 0.15) is 29.7 Å². The molecule has 2 N–H and O–H groups in total. The van der Waals surface area contributed by atoms with E-state index in [1.54, 1.807) is 25.3 Å². The van der Waals surface area contributed by atoms with Crippen LogP contribution in [0.25, 0.3) is 0 Å². The van der Waals surface area contributed by atoms with Crippen LogP contribution in [-0.2, 0) is 28.1 Å². The molecule has 0 unspecified atom stereocenters. The Morgan fingerprint density at radius 1 is 1.36 bits per heavy atom. The van der Waals surface area contributed by atoms with Crippen LogP contribution in [0.3, 0.4) is 0 Å². The van der Waals surface area contributed by atoms with Crippen molar-refractivity contribution in [2.75, 3.05) is 13.7 Å². The first-order valence-corrected chi connectivity index (χ1v) is 9.14. The van der Waals surface area contributed by atoms with Gasteiger partial charge in [-0.25, -0.2) is 4.79 Å². The summed E-state index contributed by atoms with van der Waals surface area (Å²) < 4.78 is 10.4. The number of benzene rings is 1. The molecule has 2 aromatic rings. The minimum atomic E-state index is -1.11. The summed E-state index contributed by atoms with van der Waals surface area (Å²) in [5, 5.41) is 5.49. The predicted octanol–water partition coefficient (Wildman–Crippen LogP) is 1.69. The highest BCUT2D eigenvalue weighted by atomic mass is 16.5. The van der Waals surface area contributed by atoms with Crippen LogP contribution in [0.5, 0.6) is 5.75 Å². The maximum atomic E-state index is 13.2. The maximum Gasteiger partial charge on any atom is 0.325 e. The van der Waals surface area contributed by atoms with E-state index in [1.807, 2.05) is 12.1 Å². The number of rotatable bonds is 5. The van der Waals surface area contributed by atoms with Crippen molar-refractivity contribution in [3.8, 4) is 5.75 Å². The van der Waals surface area contributed by atoms with Crippen LogP contribution in [0.2, 0.25) is 0 Å². The minimum absolute atomic E-state index is 0.198. The smallest absolute Gasteiger partial charge is 0.325 e. The molecule has 146 valence electrons. The van der Waals surface area contributed by atoms with Crippen molar-refractivity contribution in [2.45, 2.75) is 31.3 Å². The van der Waals surface area contributed by atoms with E-state index in [9.17, 15) is 14.4 Å². The van der Waals surface area contributed by atoms with Crippen LogP contribution in [-0.4, -0.2) is 36.4 Å². The number of hydrogen-bond donors (Lipinski definition) is 2. The second kappa shape index (κ2) is 7.03. The SMILES string of the molecule is COc1ccc2c(c1)CCC[C@]21NC(=O)N(CC(=O)NCc2ccco2)C1=O. The molecule has 1 aromatic carbocycles. The first-order valence-electron chi connectivity index (χ1n) is 9.14. The van der Waals surface area contributed by atoms with Gasteiger partial charge >= 0.3 is 6.03 Å². The highest BCUT2D eigenvalue weighted by Crippen LogP contribution is 2.41. The Balaban J connectivity index is 1.52. The molecule has 0 saturated carbocycles. The lowest BCUT2D eigenvalue weighted by Gasteiger charge is -2.33. The third kappa shape index (κ3) is 3.00. The van der Waals surface area contributed by atoms with Crippen molar-refractivity contribution in [1.29, 1.82) is 0 Å². The quantitative estimate of drug-likeness (QED) is 0.765. The molecule has 1 aromatic heterocycles. The number of carbonyl (C=O) groups excluding carboxylic acids is 3. The van der Waals surface area contributed by atoms with Gasteiger partial charge in [-0.15, -0.1) is 0 Å². The molecule has 1 saturated heterocycles. The third-order valence-electron chi connectivity index (χ3n) is 5.29. The fourth-order valence-corrected chi connectivity index (χ4v) is 3.92. The monoisotopic (exact) mass is 383 g/mol. The van der Waals surface area contributed by atoms with Crippen LogP contribution in [0, 0.1) is 0 Å². The lowest BCUT2D eigenvalue weighted by Crippen LogP contribution is -2.47. The summed E-state index contributed by atoms with van der Waals surface area (Å²) in [5.74, 6) is 0.485. The summed E-state index contributed by atoms with van der Waals surface area (Å²) in [6.45, 7) is -0.137. The summed E-state index contributed by atoms with van der Waals surface area (Å²) in [6, 6.07) is 8.40. The van der Waals surface area contributed by atoms with Crippen LogP contribution in [0.4, 0.5) is 4.79 Å². The average Bonchev–Trinajstić information content (AvgIpc) is 3.30. The molecule has 0 bridgehead atoms. The molecule has 8 heteroatoms. The van der Waals surface area contributed by atoms with Gasteiger partial charge in [0.15, 0.2) is 0 Å². The maximum absolute atomic E-state index is 13.2. The van der Waals surface area contributed by atoms with E-state index in [2.05, 4.69) is 10.6 Å². The molecular formula is C20H21N3O5. The highest BCUT2D eigenvalue weighted by Gasteiger charge is 2.54. The van der Waals surface area contributed by atoms with E-state index in [1.165, 1.54) is 6.26 Å². The van der Waals surface area contributed by atoms with Gasteiger partial charge < -0.3 is 19.8 Å². The van der Waals surface area contributed by atoms with E-state index in [0.29, 0.717) is 17.9 Å².